The lowest BCUT2D eigenvalue weighted by Gasteiger charge is -2.27. The Balaban J connectivity index is 1.41. The first-order chi connectivity index (χ1) is 14.4. The molecule has 0 aliphatic carbocycles. The molecule has 2 aliphatic heterocycles. The average Bonchev–Trinajstić information content (AvgIpc) is 2.88. The number of rotatable bonds is 4. The second-order valence-electron chi connectivity index (χ2n) is 7.93. The molecule has 1 atom stereocenters. The molecule has 6 nitrogen and oxygen atoms in total. The van der Waals surface area contributed by atoms with E-state index in [1.165, 1.54) is 22.0 Å². The van der Waals surface area contributed by atoms with E-state index < -0.39 is 15.8 Å². The molecule has 0 N–H and O–H groups in total. The lowest BCUT2D eigenvalue weighted by Crippen LogP contribution is -2.44. The van der Waals surface area contributed by atoms with E-state index >= 15 is 0 Å². The molecule has 30 heavy (non-hydrogen) atoms. The number of nitrogens with zero attached hydrogens (tertiary/aromatic N) is 3. The topological polar surface area (TPSA) is 60.9 Å². The minimum Gasteiger partial charge on any atom is -0.308 e. The normalized spacial score (nSPS) is 20.7. The van der Waals surface area contributed by atoms with Gasteiger partial charge in [-0.25, -0.2) is 12.8 Å². The molecule has 1 unspecified atom stereocenters. The Kier molecular flexibility index (Phi) is 5.90. The summed E-state index contributed by atoms with van der Waals surface area (Å²) in [5.74, 6) is -0.422. The number of halogens is 1. The summed E-state index contributed by atoms with van der Waals surface area (Å²) in [5, 5.41) is 0. The third kappa shape index (κ3) is 4.12. The predicted octanol–water partition coefficient (Wildman–Crippen LogP) is 2.50. The quantitative estimate of drug-likeness (QED) is 0.746. The standard InChI is InChI=1S/C22H26FN3O3S/c1-17-15-18-5-2-3-6-21(18)26(17)22(27)16-24-11-4-12-25(14-13-24)30(28,29)20-9-7-19(23)8-10-20/h2-3,5-10,17H,4,11-16H2,1H3. The Bertz CT molecular complexity index is 1030. The molecular formula is C22H26FN3O3S. The number of benzene rings is 2. The van der Waals surface area contributed by atoms with Crippen LogP contribution in [0.5, 0.6) is 0 Å². The predicted molar refractivity (Wildman–Crippen MR) is 113 cm³/mol. The largest absolute Gasteiger partial charge is 0.308 e. The van der Waals surface area contributed by atoms with Crippen LogP contribution in [-0.4, -0.2) is 62.3 Å². The summed E-state index contributed by atoms with van der Waals surface area (Å²) < 4.78 is 40.3. The SMILES string of the molecule is CC1Cc2ccccc2N1C(=O)CN1CCCN(S(=O)(=O)c2ccc(F)cc2)CC1. The van der Waals surface area contributed by atoms with Crippen LogP contribution in [0.2, 0.25) is 0 Å². The Hall–Kier alpha value is -2.29. The molecule has 1 fully saturated rings. The Morgan fingerprint density at radius 1 is 1.03 bits per heavy atom. The summed E-state index contributed by atoms with van der Waals surface area (Å²) in [5.41, 5.74) is 2.16. The second kappa shape index (κ2) is 8.45. The van der Waals surface area contributed by atoms with Gasteiger partial charge in [-0.15, -0.1) is 0 Å². The van der Waals surface area contributed by atoms with Crippen molar-refractivity contribution in [3.05, 3.63) is 59.9 Å². The average molecular weight is 432 g/mol. The van der Waals surface area contributed by atoms with Gasteiger partial charge >= 0.3 is 0 Å². The van der Waals surface area contributed by atoms with Gasteiger partial charge in [0.05, 0.1) is 11.4 Å². The molecule has 0 aromatic heterocycles. The van der Waals surface area contributed by atoms with Crippen molar-refractivity contribution in [1.82, 2.24) is 9.21 Å². The molecule has 160 valence electrons. The lowest BCUT2D eigenvalue weighted by atomic mass is 10.1. The van der Waals surface area contributed by atoms with Crippen LogP contribution >= 0.6 is 0 Å². The minimum absolute atomic E-state index is 0.0438. The van der Waals surface area contributed by atoms with Crippen LogP contribution in [-0.2, 0) is 21.2 Å². The van der Waals surface area contributed by atoms with Crippen LogP contribution < -0.4 is 4.90 Å². The number of hydrogen-bond donors (Lipinski definition) is 0. The van der Waals surface area contributed by atoms with E-state index in [4.69, 9.17) is 0 Å². The molecular weight excluding hydrogens is 405 g/mol. The van der Waals surface area contributed by atoms with Crippen LogP contribution in [0.3, 0.4) is 0 Å². The van der Waals surface area contributed by atoms with Gasteiger partial charge < -0.3 is 4.90 Å². The smallest absolute Gasteiger partial charge is 0.243 e. The zero-order valence-electron chi connectivity index (χ0n) is 17.0. The van der Waals surface area contributed by atoms with Crippen molar-refractivity contribution < 1.29 is 17.6 Å². The molecule has 2 aromatic rings. The fraction of sp³-hybridized carbons (Fsp3) is 0.409. The zero-order valence-corrected chi connectivity index (χ0v) is 17.8. The summed E-state index contributed by atoms with van der Waals surface area (Å²) >= 11 is 0. The van der Waals surface area contributed by atoms with Crippen molar-refractivity contribution in [2.75, 3.05) is 37.6 Å². The van der Waals surface area contributed by atoms with Gasteiger partial charge in [-0.3, -0.25) is 9.69 Å². The monoisotopic (exact) mass is 431 g/mol. The Morgan fingerprint density at radius 3 is 2.53 bits per heavy atom. The van der Waals surface area contributed by atoms with Gasteiger partial charge in [0.1, 0.15) is 5.82 Å². The highest BCUT2D eigenvalue weighted by Gasteiger charge is 2.32. The van der Waals surface area contributed by atoms with Crippen molar-refractivity contribution in [3.63, 3.8) is 0 Å². The zero-order chi connectivity index (χ0) is 21.3. The first-order valence-corrected chi connectivity index (χ1v) is 11.7. The highest BCUT2D eigenvalue weighted by molar-refractivity contribution is 7.89. The number of para-hydroxylation sites is 1. The van der Waals surface area contributed by atoms with E-state index in [1.54, 1.807) is 0 Å². The molecule has 1 amide bonds. The van der Waals surface area contributed by atoms with Crippen molar-refractivity contribution in [2.24, 2.45) is 0 Å². The summed E-state index contributed by atoms with van der Waals surface area (Å²) in [4.78, 5) is 17.0. The van der Waals surface area contributed by atoms with E-state index in [-0.39, 0.29) is 23.4 Å². The highest BCUT2D eigenvalue weighted by Crippen LogP contribution is 2.32. The third-order valence-corrected chi connectivity index (χ3v) is 7.75. The van der Waals surface area contributed by atoms with Crippen LogP contribution in [0, 0.1) is 5.82 Å². The summed E-state index contributed by atoms with van der Waals surface area (Å²) in [6.45, 7) is 4.15. The van der Waals surface area contributed by atoms with Crippen molar-refractivity contribution in [3.8, 4) is 0 Å². The first-order valence-electron chi connectivity index (χ1n) is 10.2. The van der Waals surface area contributed by atoms with Crippen LogP contribution in [0.1, 0.15) is 18.9 Å². The summed E-state index contributed by atoms with van der Waals surface area (Å²) in [6, 6.07) is 13.0. The lowest BCUT2D eigenvalue weighted by molar-refractivity contribution is -0.120. The maximum atomic E-state index is 13.2. The number of sulfonamides is 1. The molecule has 0 bridgehead atoms. The van der Waals surface area contributed by atoms with Crippen LogP contribution in [0.25, 0.3) is 0 Å². The van der Waals surface area contributed by atoms with Crippen molar-refractivity contribution in [1.29, 1.82) is 0 Å². The maximum Gasteiger partial charge on any atom is 0.243 e. The molecule has 8 heteroatoms. The highest BCUT2D eigenvalue weighted by atomic mass is 32.2. The van der Waals surface area contributed by atoms with E-state index in [0.717, 1.165) is 24.2 Å². The van der Waals surface area contributed by atoms with Crippen LogP contribution in [0.4, 0.5) is 10.1 Å². The number of carbonyl (C=O) groups excluding carboxylic acids is 1. The van der Waals surface area contributed by atoms with Gasteiger partial charge in [-0.05, 0) is 62.2 Å². The molecule has 0 radical (unpaired) electrons. The van der Waals surface area contributed by atoms with Gasteiger partial charge in [0, 0.05) is 31.4 Å². The fourth-order valence-corrected chi connectivity index (χ4v) is 5.78. The molecule has 2 aromatic carbocycles. The number of hydrogen-bond acceptors (Lipinski definition) is 4. The molecule has 0 spiro atoms. The molecule has 2 aliphatic rings. The van der Waals surface area contributed by atoms with Gasteiger partial charge in [0.2, 0.25) is 15.9 Å². The third-order valence-electron chi connectivity index (χ3n) is 5.83. The summed E-state index contributed by atoms with van der Waals surface area (Å²) in [6.07, 6.45) is 1.49. The number of anilines is 1. The molecule has 4 rings (SSSR count). The van der Waals surface area contributed by atoms with E-state index in [1.807, 2.05) is 28.0 Å². The second-order valence-corrected chi connectivity index (χ2v) is 9.87. The number of fused-ring (bicyclic) bond motifs is 1. The maximum absolute atomic E-state index is 13.2. The van der Waals surface area contributed by atoms with Gasteiger partial charge in [-0.1, -0.05) is 18.2 Å². The number of amides is 1. The fourth-order valence-electron chi connectivity index (χ4n) is 4.31. The van der Waals surface area contributed by atoms with Gasteiger partial charge in [0.25, 0.3) is 0 Å². The minimum atomic E-state index is -3.67. The van der Waals surface area contributed by atoms with Crippen molar-refractivity contribution in [2.45, 2.75) is 30.7 Å². The van der Waals surface area contributed by atoms with E-state index in [9.17, 15) is 17.6 Å². The first kappa shape index (κ1) is 21.0. The van der Waals surface area contributed by atoms with E-state index in [2.05, 4.69) is 13.0 Å². The Morgan fingerprint density at radius 2 is 1.77 bits per heavy atom. The van der Waals surface area contributed by atoms with Gasteiger partial charge in [0.15, 0.2) is 0 Å². The van der Waals surface area contributed by atoms with Gasteiger partial charge in [-0.2, -0.15) is 4.31 Å². The Labute approximate surface area is 176 Å². The van der Waals surface area contributed by atoms with E-state index in [0.29, 0.717) is 32.6 Å². The number of carbonyl (C=O) groups is 1. The van der Waals surface area contributed by atoms with Crippen LogP contribution in [0.15, 0.2) is 53.4 Å². The van der Waals surface area contributed by atoms with Crippen molar-refractivity contribution >= 4 is 21.6 Å². The summed E-state index contributed by atoms with van der Waals surface area (Å²) in [7, 11) is -3.67. The molecule has 2 heterocycles. The molecule has 1 saturated heterocycles. The molecule has 0 saturated carbocycles.